The van der Waals surface area contributed by atoms with E-state index in [9.17, 15) is 4.79 Å². The monoisotopic (exact) mass is 289 g/mol. The van der Waals surface area contributed by atoms with E-state index >= 15 is 0 Å². The van der Waals surface area contributed by atoms with Gasteiger partial charge in [-0.05, 0) is 31.5 Å². The van der Waals surface area contributed by atoms with Crippen molar-refractivity contribution in [2.45, 2.75) is 18.9 Å². The number of likely N-dealkylation sites (tertiary alicyclic amines) is 1. The first-order chi connectivity index (χ1) is 9.65. The third-order valence-corrected chi connectivity index (χ3v) is 4.93. The van der Waals surface area contributed by atoms with Crippen LogP contribution in [0, 0.1) is 0 Å². The third-order valence-electron chi connectivity index (χ3n) is 3.80. The first-order valence-corrected chi connectivity index (χ1v) is 7.76. The van der Waals surface area contributed by atoms with Gasteiger partial charge < -0.3 is 4.90 Å². The van der Waals surface area contributed by atoms with Gasteiger partial charge in [-0.15, -0.1) is 11.3 Å². The Kier molecular flexibility index (Phi) is 3.72. The first-order valence-electron chi connectivity index (χ1n) is 6.95. The molecule has 4 nitrogen and oxygen atoms in total. The lowest BCUT2D eigenvalue weighted by Crippen LogP contribution is -2.36. The molecule has 20 heavy (non-hydrogen) atoms. The smallest absolute Gasteiger partial charge is 0.236 e. The van der Waals surface area contributed by atoms with Crippen molar-refractivity contribution in [1.82, 2.24) is 14.8 Å². The summed E-state index contributed by atoms with van der Waals surface area (Å²) in [5.74, 6) is 0.165. The molecule has 5 heteroatoms. The summed E-state index contributed by atoms with van der Waals surface area (Å²) in [6.07, 6.45) is 2.24. The van der Waals surface area contributed by atoms with Crippen molar-refractivity contribution < 1.29 is 4.79 Å². The average molecular weight is 289 g/mol. The van der Waals surface area contributed by atoms with Gasteiger partial charge >= 0.3 is 0 Å². The van der Waals surface area contributed by atoms with Gasteiger partial charge in [0.25, 0.3) is 0 Å². The molecule has 1 aliphatic rings. The molecule has 0 bridgehead atoms. The van der Waals surface area contributed by atoms with Gasteiger partial charge in [0.2, 0.25) is 5.91 Å². The predicted molar refractivity (Wildman–Crippen MR) is 81.9 cm³/mol. The number of amides is 1. The molecule has 1 saturated heterocycles. The molecule has 1 aromatic carbocycles. The molecule has 3 rings (SSSR count). The highest BCUT2D eigenvalue weighted by molar-refractivity contribution is 7.18. The van der Waals surface area contributed by atoms with Crippen molar-refractivity contribution in [2.75, 3.05) is 27.2 Å². The highest BCUT2D eigenvalue weighted by Gasteiger charge is 2.30. The van der Waals surface area contributed by atoms with E-state index in [-0.39, 0.29) is 5.91 Å². The number of likely N-dealkylation sites (N-methyl/N-ethyl adjacent to an activating group) is 1. The van der Waals surface area contributed by atoms with Gasteiger partial charge in [-0.3, -0.25) is 9.69 Å². The fraction of sp³-hybridized carbons (Fsp3) is 0.467. The normalized spacial score (nSPS) is 19.6. The fourth-order valence-corrected chi connectivity index (χ4v) is 3.78. The standard InChI is InChI=1S/C15H19N3OS/c1-17(2)14(19)10-18-9-5-7-12(18)15-16-11-6-3-4-8-13(11)20-15/h3-4,6,8,12H,5,7,9-10H2,1-2H3. The van der Waals surface area contributed by atoms with Crippen molar-refractivity contribution >= 4 is 27.5 Å². The van der Waals surface area contributed by atoms with Crippen LogP contribution in [0.5, 0.6) is 0 Å². The predicted octanol–water partition coefficient (Wildman–Crippen LogP) is 2.52. The number of para-hydroxylation sites is 1. The van der Waals surface area contributed by atoms with Gasteiger partial charge in [0.1, 0.15) is 5.01 Å². The minimum Gasteiger partial charge on any atom is -0.348 e. The second-order valence-electron chi connectivity index (χ2n) is 5.44. The molecule has 1 amide bonds. The maximum absolute atomic E-state index is 11.9. The summed E-state index contributed by atoms with van der Waals surface area (Å²) in [7, 11) is 3.62. The number of nitrogens with zero attached hydrogens (tertiary/aromatic N) is 3. The molecule has 0 spiro atoms. The molecule has 2 heterocycles. The van der Waals surface area contributed by atoms with E-state index in [1.807, 2.05) is 26.2 Å². The maximum atomic E-state index is 11.9. The largest absolute Gasteiger partial charge is 0.348 e. The topological polar surface area (TPSA) is 36.4 Å². The van der Waals surface area contributed by atoms with Crippen LogP contribution in [0.3, 0.4) is 0 Å². The summed E-state index contributed by atoms with van der Waals surface area (Å²) in [5, 5.41) is 1.15. The van der Waals surface area contributed by atoms with Gasteiger partial charge in [-0.1, -0.05) is 12.1 Å². The Labute approximate surface area is 123 Å². The van der Waals surface area contributed by atoms with E-state index in [0.29, 0.717) is 12.6 Å². The summed E-state index contributed by atoms with van der Waals surface area (Å²) >= 11 is 1.76. The Balaban J connectivity index is 1.82. The van der Waals surface area contributed by atoms with Crippen LogP contribution in [-0.4, -0.2) is 47.9 Å². The number of carbonyl (C=O) groups excluding carboxylic acids is 1. The number of carbonyl (C=O) groups is 1. The number of hydrogen-bond acceptors (Lipinski definition) is 4. The molecule has 1 unspecified atom stereocenters. The van der Waals surface area contributed by atoms with Gasteiger partial charge in [0.05, 0.1) is 22.8 Å². The number of aromatic nitrogens is 1. The number of benzene rings is 1. The number of fused-ring (bicyclic) bond motifs is 1. The van der Waals surface area contributed by atoms with Crippen LogP contribution in [0.15, 0.2) is 24.3 Å². The Hall–Kier alpha value is -1.46. The fourth-order valence-electron chi connectivity index (χ4n) is 2.64. The number of thiazole rings is 1. The first kappa shape index (κ1) is 13.5. The lowest BCUT2D eigenvalue weighted by Gasteiger charge is -2.23. The Bertz CT molecular complexity index is 589. The maximum Gasteiger partial charge on any atom is 0.236 e. The second-order valence-corrected chi connectivity index (χ2v) is 6.50. The van der Waals surface area contributed by atoms with Crippen LogP contribution < -0.4 is 0 Å². The van der Waals surface area contributed by atoms with Crippen LogP contribution in [0.2, 0.25) is 0 Å². The molecular weight excluding hydrogens is 270 g/mol. The summed E-state index contributed by atoms with van der Waals surface area (Å²) in [6, 6.07) is 8.54. The quantitative estimate of drug-likeness (QED) is 0.871. The molecule has 1 aliphatic heterocycles. The number of rotatable bonds is 3. The summed E-state index contributed by atoms with van der Waals surface area (Å²) in [5.41, 5.74) is 1.07. The van der Waals surface area contributed by atoms with Crippen LogP contribution in [0.4, 0.5) is 0 Å². The van der Waals surface area contributed by atoms with E-state index < -0.39 is 0 Å². The van der Waals surface area contributed by atoms with Gasteiger partial charge in [0.15, 0.2) is 0 Å². The average Bonchev–Trinajstić information content (AvgIpc) is 3.03. The van der Waals surface area contributed by atoms with Crippen LogP contribution in [-0.2, 0) is 4.79 Å². The molecule has 0 aliphatic carbocycles. The van der Waals surface area contributed by atoms with Crippen molar-refractivity contribution in [1.29, 1.82) is 0 Å². The molecule has 106 valence electrons. The van der Waals surface area contributed by atoms with E-state index in [4.69, 9.17) is 4.98 Å². The van der Waals surface area contributed by atoms with Crippen LogP contribution in [0.1, 0.15) is 23.9 Å². The van der Waals surface area contributed by atoms with Crippen LogP contribution in [0.25, 0.3) is 10.2 Å². The van der Waals surface area contributed by atoms with E-state index in [2.05, 4.69) is 17.0 Å². The van der Waals surface area contributed by atoms with Gasteiger partial charge in [-0.25, -0.2) is 4.98 Å². The molecule has 0 N–H and O–H groups in total. The lowest BCUT2D eigenvalue weighted by molar-refractivity contribution is -0.130. The molecule has 1 aromatic heterocycles. The Morgan fingerprint density at radius 1 is 1.45 bits per heavy atom. The molecule has 1 atom stereocenters. The minimum atomic E-state index is 0.165. The Morgan fingerprint density at radius 3 is 3.00 bits per heavy atom. The SMILES string of the molecule is CN(C)C(=O)CN1CCCC1c1nc2ccccc2s1. The van der Waals surface area contributed by atoms with Gasteiger partial charge in [0, 0.05) is 14.1 Å². The zero-order valence-corrected chi connectivity index (χ0v) is 12.7. The van der Waals surface area contributed by atoms with Crippen molar-refractivity contribution in [3.63, 3.8) is 0 Å². The minimum absolute atomic E-state index is 0.165. The molecule has 2 aromatic rings. The highest BCUT2D eigenvalue weighted by atomic mass is 32.1. The Morgan fingerprint density at radius 2 is 2.25 bits per heavy atom. The molecule has 1 fully saturated rings. The third kappa shape index (κ3) is 2.55. The molecule has 0 saturated carbocycles. The summed E-state index contributed by atoms with van der Waals surface area (Å²) in [4.78, 5) is 20.6. The molecule has 0 radical (unpaired) electrons. The van der Waals surface area contributed by atoms with E-state index in [0.717, 1.165) is 29.9 Å². The lowest BCUT2D eigenvalue weighted by atomic mass is 10.2. The van der Waals surface area contributed by atoms with E-state index in [1.165, 1.54) is 4.70 Å². The highest BCUT2D eigenvalue weighted by Crippen LogP contribution is 2.36. The second kappa shape index (κ2) is 5.50. The summed E-state index contributed by atoms with van der Waals surface area (Å²) < 4.78 is 1.23. The number of hydrogen-bond donors (Lipinski definition) is 0. The zero-order valence-electron chi connectivity index (χ0n) is 11.9. The van der Waals surface area contributed by atoms with Crippen molar-refractivity contribution in [3.05, 3.63) is 29.3 Å². The van der Waals surface area contributed by atoms with Crippen molar-refractivity contribution in [2.24, 2.45) is 0 Å². The van der Waals surface area contributed by atoms with Crippen molar-refractivity contribution in [3.8, 4) is 0 Å². The van der Waals surface area contributed by atoms with Crippen LogP contribution >= 0.6 is 11.3 Å². The van der Waals surface area contributed by atoms with E-state index in [1.54, 1.807) is 16.2 Å². The van der Waals surface area contributed by atoms with Gasteiger partial charge in [-0.2, -0.15) is 0 Å². The molecular formula is C15H19N3OS. The summed E-state index contributed by atoms with van der Waals surface area (Å²) in [6.45, 7) is 1.48. The zero-order chi connectivity index (χ0) is 14.1.